The van der Waals surface area contributed by atoms with Gasteiger partial charge in [-0.3, -0.25) is 14.5 Å². The van der Waals surface area contributed by atoms with E-state index in [1.54, 1.807) is 7.11 Å². The van der Waals surface area contributed by atoms with Crippen LogP contribution in [-0.4, -0.2) is 72.9 Å². The van der Waals surface area contributed by atoms with Crippen LogP contribution in [0.5, 0.6) is 5.75 Å². The van der Waals surface area contributed by atoms with E-state index in [-0.39, 0.29) is 11.8 Å². The van der Waals surface area contributed by atoms with Crippen LogP contribution in [0, 0.1) is 0 Å². The molecular formula is C25H37N3O3. The Morgan fingerprint density at radius 3 is 2.52 bits per heavy atom. The average Bonchev–Trinajstić information content (AvgIpc) is 3.04. The van der Waals surface area contributed by atoms with Crippen molar-refractivity contribution in [2.24, 2.45) is 0 Å². The third-order valence-corrected chi connectivity index (χ3v) is 6.32. The molecule has 1 aromatic rings. The standard InChI is InChI=1S/C25H37N3O3/c1-3-28(22-8-5-4-6-9-22)25(30)20-26-16-7-17-27(19-18-26)24(29)15-12-21-10-13-23(31-2)14-11-21/h8,10-11,13-14H,3-7,9,12,15-20H2,1-2H3. The molecule has 31 heavy (non-hydrogen) atoms. The zero-order valence-corrected chi connectivity index (χ0v) is 19.1. The summed E-state index contributed by atoms with van der Waals surface area (Å²) in [5.41, 5.74) is 2.34. The molecule has 0 aromatic heterocycles. The van der Waals surface area contributed by atoms with E-state index in [1.807, 2.05) is 34.1 Å². The molecule has 1 aliphatic heterocycles. The Bertz CT molecular complexity index is 760. The van der Waals surface area contributed by atoms with Gasteiger partial charge >= 0.3 is 0 Å². The van der Waals surface area contributed by atoms with Gasteiger partial charge in [0.2, 0.25) is 11.8 Å². The highest BCUT2D eigenvalue weighted by Crippen LogP contribution is 2.21. The number of amides is 2. The van der Waals surface area contributed by atoms with Gasteiger partial charge in [-0.25, -0.2) is 0 Å². The number of carbonyl (C=O) groups excluding carboxylic acids is 2. The van der Waals surface area contributed by atoms with E-state index >= 15 is 0 Å². The van der Waals surface area contributed by atoms with Gasteiger partial charge in [0.05, 0.1) is 13.7 Å². The first kappa shape index (κ1) is 23.3. The minimum absolute atomic E-state index is 0.190. The summed E-state index contributed by atoms with van der Waals surface area (Å²) >= 11 is 0. The van der Waals surface area contributed by atoms with E-state index in [0.29, 0.717) is 19.5 Å². The molecule has 6 nitrogen and oxygen atoms in total. The monoisotopic (exact) mass is 427 g/mol. The van der Waals surface area contributed by atoms with Crippen molar-refractivity contribution in [1.29, 1.82) is 0 Å². The number of likely N-dealkylation sites (N-methyl/N-ethyl adjacent to an activating group) is 1. The maximum Gasteiger partial charge on any atom is 0.240 e. The van der Waals surface area contributed by atoms with Crippen LogP contribution in [0.2, 0.25) is 0 Å². The molecule has 0 bridgehead atoms. The number of benzene rings is 1. The van der Waals surface area contributed by atoms with Crippen molar-refractivity contribution < 1.29 is 14.3 Å². The van der Waals surface area contributed by atoms with E-state index in [2.05, 4.69) is 17.9 Å². The van der Waals surface area contributed by atoms with Crippen LogP contribution in [0.15, 0.2) is 36.0 Å². The Balaban J connectivity index is 1.46. The summed E-state index contributed by atoms with van der Waals surface area (Å²) in [6.45, 7) is 6.33. The van der Waals surface area contributed by atoms with Gasteiger partial charge in [0.15, 0.2) is 0 Å². The third-order valence-electron chi connectivity index (χ3n) is 6.32. The highest BCUT2D eigenvalue weighted by molar-refractivity contribution is 5.80. The molecular weight excluding hydrogens is 390 g/mol. The molecule has 0 radical (unpaired) electrons. The molecule has 170 valence electrons. The van der Waals surface area contributed by atoms with Crippen molar-refractivity contribution in [2.75, 3.05) is 46.4 Å². The Hall–Kier alpha value is -2.34. The fraction of sp³-hybridized carbons (Fsp3) is 0.600. The lowest BCUT2D eigenvalue weighted by Gasteiger charge is -2.29. The lowest BCUT2D eigenvalue weighted by atomic mass is 10.0. The first-order chi connectivity index (χ1) is 15.1. The maximum atomic E-state index is 12.9. The molecule has 0 atom stereocenters. The predicted molar refractivity (Wildman–Crippen MR) is 123 cm³/mol. The number of carbonyl (C=O) groups is 2. The molecule has 1 fully saturated rings. The number of rotatable bonds is 8. The van der Waals surface area contributed by atoms with Crippen LogP contribution in [0.4, 0.5) is 0 Å². The topological polar surface area (TPSA) is 53.1 Å². The largest absolute Gasteiger partial charge is 0.497 e. The third kappa shape index (κ3) is 6.82. The van der Waals surface area contributed by atoms with Crippen molar-refractivity contribution >= 4 is 11.8 Å². The fourth-order valence-corrected chi connectivity index (χ4v) is 4.46. The van der Waals surface area contributed by atoms with Crippen molar-refractivity contribution in [3.8, 4) is 5.75 Å². The quantitative estimate of drug-likeness (QED) is 0.638. The summed E-state index contributed by atoms with van der Waals surface area (Å²) in [6, 6.07) is 7.90. The van der Waals surface area contributed by atoms with Crippen LogP contribution in [0.3, 0.4) is 0 Å². The SMILES string of the molecule is CCN(C(=O)CN1CCCN(C(=O)CCc2ccc(OC)cc2)CC1)C1=CCCCC1. The van der Waals surface area contributed by atoms with E-state index in [9.17, 15) is 9.59 Å². The summed E-state index contributed by atoms with van der Waals surface area (Å²) in [7, 11) is 1.65. The van der Waals surface area contributed by atoms with Crippen LogP contribution in [0.1, 0.15) is 51.0 Å². The Labute approximate surface area is 186 Å². The van der Waals surface area contributed by atoms with Gasteiger partial charge in [-0.1, -0.05) is 18.2 Å². The molecule has 2 amide bonds. The molecule has 3 rings (SSSR count). The molecule has 6 heteroatoms. The highest BCUT2D eigenvalue weighted by Gasteiger charge is 2.23. The average molecular weight is 428 g/mol. The second-order valence-corrected chi connectivity index (χ2v) is 8.44. The van der Waals surface area contributed by atoms with E-state index in [0.717, 1.165) is 63.2 Å². The molecule has 1 aromatic carbocycles. The van der Waals surface area contributed by atoms with Crippen LogP contribution < -0.4 is 4.74 Å². The van der Waals surface area contributed by atoms with Crippen LogP contribution in [0.25, 0.3) is 0 Å². The lowest BCUT2D eigenvalue weighted by Crippen LogP contribution is -2.42. The molecule has 0 spiro atoms. The molecule has 1 heterocycles. The summed E-state index contributed by atoms with van der Waals surface area (Å²) in [5, 5.41) is 0. The highest BCUT2D eigenvalue weighted by atomic mass is 16.5. The molecule has 0 N–H and O–H groups in total. The Kier molecular flexibility index (Phi) is 8.95. The summed E-state index contributed by atoms with van der Waals surface area (Å²) in [4.78, 5) is 31.8. The van der Waals surface area contributed by atoms with Crippen molar-refractivity contribution in [2.45, 2.75) is 51.9 Å². The van der Waals surface area contributed by atoms with Crippen LogP contribution >= 0.6 is 0 Å². The lowest BCUT2D eigenvalue weighted by molar-refractivity contribution is -0.131. The second-order valence-electron chi connectivity index (χ2n) is 8.44. The number of nitrogens with zero attached hydrogens (tertiary/aromatic N) is 3. The number of methoxy groups -OCH3 is 1. The van der Waals surface area contributed by atoms with Gasteiger partial charge in [-0.2, -0.15) is 0 Å². The normalized spacial score (nSPS) is 17.6. The van der Waals surface area contributed by atoms with Crippen molar-refractivity contribution in [3.05, 3.63) is 41.6 Å². The first-order valence-electron chi connectivity index (χ1n) is 11.7. The van der Waals surface area contributed by atoms with E-state index in [4.69, 9.17) is 4.74 Å². The molecule has 0 unspecified atom stereocenters. The molecule has 1 aliphatic carbocycles. The van der Waals surface area contributed by atoms with Gasteiger partial charge in [0.25, 0.3) is 0 Å². The Morgan fingerprint density at radius 1 is 1.03 bits per heavy atom. The number of hydrogen-bond donors (Lipinski definition) is 0. The maximum absolute atomic E-state index is 12.9. The van der Waals surface area contributed by atoms with E-state index in [1.165, 1.54) is 18.5 Å². The second kappa shape index (κ2) is 11.9. The van der Waals surface area contributed by atoms with Gasteiger partial charge < -0.3 is 14.5 Å². The van der Waals surface area contributed by atoms with Gasteiger partial charge in [-0.05, 0) is 63.1 Å². The predicted octanol–water partition coefficient (Wildman–Crippen LogP) is 3.47. The van der Waals surface area contributed by atoms with Gasteiger partial charge in [-0.15, -0.1) is 0 Å². The van der Waals surface area contributed by atoms with Crippen LogP contribution in [-0.2, 0) is 16.0 Å². The summed E-state index contributed by atoms with van der Waals surface area (Å²) < 4.78 is 5.19. The number of hydrogen-bond acceptors (Lipinski definition) is 4. The number of aryl methyl sites for hydroxylation is 1. The molecule has 2 aliphatic rings. The van der Waals surface area contributed by atoms with Crippen molar-refractivity contribution in [3.63, 3.8) is 0 Å². The van der Waals surface area contributed by atoms with Crippen molar-refractivity contribution in [1.82, 2.24) is 14.7 Å². The van der Waals surface area contributed by atoms with E-state index < -0.39 is 0 Å². The van der Waals surface area contributed by atoms with Gasteiger partial charge in [0, 0.05) is 44.8 Å². The fourth-order valence-electron chi connectivity index (χ4n) is 4.46. The zero-order chi connectivity index (χ0) is 22.1. The first-order valence-corrected chi connectivity index (χ1v) is 11.7. The summed E-state index contributed by atoms with van der Waals surface area (Å²) in [5.74, 6) is 1.22. The minimum atomic E-state index is 0.190. The smallest absolute Gasteiger partial charge is 0.240 e. The number of ether oxygens (including phenoxy) is 1. The minimum Gasteiger partial charge on any atom is -0.497 e. The number of allylic oxidation sites excluding steroid dienone is 2. The Morgan fingerprint density at radius 2 is 1.84 bits per heavy atom. The summed E-state index contributed by atoms with van der Waals surface area (Å²) in [6.07, 6.45) is 8.89. The zero-order valence-electron chi connectivity index (χ0n) is 19.1. The van der Waals surface area contributed by atoms with Gasteiger partial charge in [0.1, 0.15) is 5.75 Å². The molecule has 0 saturated carbocycles. The molecule has 1 saturated heterocycles.